The molecule has 0 saturated heterocycles. The number of benzene rings is 2. The third kappa shape index (κ3) is 3.96. The highest BCUT2D eigenvalue weighted by molar-refractivity contribution is 7.17. The number of esters is 1. The van der Waals surface area contributed by atoms with E-state index in [-0.39, 0.29) is 44.6 Å². The summed E-state index contributed by atoms with van der Waals surface area (Å²) >= 11 is 0.882. The van der Waals surface area contributed by atoms with Gasteiger partial charge in [0.15, 0.2) is 10.6 Å². The van der Waals surface area contributed by atoms with Gasteiger partial charge in [0.05, 0.1) is 27.6 Å². The summed E-state index contributed by atoms with van der Waals surface area (Å²) < 4.78 is 24.8. The van der Waals surface area contributed by atoms with Gasteiger partial charge < -0.3 is 9.15 Å². The summed E-state index contributed by atoms with van der Waals surface area (Å²) in [6.45, 7) is 5.05. The number of ether oxygens (including phenoxy) is 1. The molecule has 5 rings (SSSR count). The summed E-state index contributed by atoms with van der Waals surface area (Å²) in [6, 6.07) is 7.57. The van der Waals surface area contributed by atoms with E-state index in [2.05, 4.69) is 11.6 Å². The maximum absolute atomic E-state index is 14.0. The molecule has 1 aliphatic rings. The lowest BCUT2D eigenvalue weighted by molar-refractivity contribution is -0.384. The van der Waals surface area contributed by atoms with Crippen LogP contribution in [0.3, 0.4) is 0 Å². The van der Waals surface area contributed by atoms with Gasteiger partial charge in [-0.05, 0) is 42.8 Å². The zero-order valence-electron chi connectivity index (χ0n) is 19.1. The van der Waals surface area contributed by atoms with Gasteiger partial charge in [-0.1, -0.05) is 24.0 Å². The normalized spacial score (nSPS) is 14.6. The maximum atomic E-state index is 14.0. The second-order valence-corrected chi connectivity index (χ2v) is 9.02. The number of carbonyl (C=O) groups excluding carboxylic acids is 2. The number of amides is 1. The Morgan fingerprint density at radius 1 is 1.30 bits per heavy atom. The molecule has 1 amide bonds. The lowest BCUT2D eigenvalue weighted by Gasteiger charge is -2.22. The summed E-state index contributed by atoms with van der Waals surface area (Å²) in [5.74, 6) is -2.30. The van der Waals surface area contributed by atoms with E-state index in [1.54, 1.807) is 6.92 Å². The zero-order chi connectivity index (χ0) is 26.4. The standard InChI is InChI=1S/C25H16FN3O7S/c1-3-10-35-24(32)22-12(2)27-25(37-22)28-19(13-4-7-15(8-5-13)29(33)34)18-20(30)16-11-14(26)6-9-17(16)36-21(18)23(28)31/h3-9,11,19H,1,10H2,2H3. The molecule has 0 spiro atoms. The minimum Gasteiger partial charge on any atom is -0.457 e. The highest BCUT2D eigenvalue weighted by atomic mass is 32.1. The number of aromatic nitrogens is 1. The van der Waals surface area contributed by atoms with Crippen LogP contribution in [0.2, 0.25) is 0 Å². The minimum absolute atomic E-state index is 0.0202. The smallest absolute Gasteiger partial charge is 0.350 e. The van der Waals surface area contributed by atoms with Crippen molar-refractivity contribution in [2.45, 2.75) is 13.0 Å². The Bertz CT molecular complexity index is 1680. The van der Waals surface area contributed by atoms with Crippen LogP contribution in [-0.2, 0) is 4.74 Å². The molecular formula is C25H16FN3O7S. The number of anilines is 1. The number of non-ortho nitro benzene ring substituents is 1. The van der Waals surface area contributed by atoms with Gasteiger partial charge in [0.2, 0.25) is 5.76 Å². The fourth-order valence-corrected chi connectivity index (χ4v) is 5.10. The van der Waals surface area contributed by atoms with Gasteiger partial charge in [-0.3, -0.25) is 24.6 Å². The molecule has 3 heterocycles. The van der Waals surface area contributed by atoms with E-state index < -0.39 is 34.1 Å². The van der Waals surface area contributed by atoms with Gasteiger partial charge in [0.25, 0.3) is 11.6 Å². The molecule has 1 aliphatic heterocycles. The predicted octanol–water partition coefficient (Wildman–Crippen LogP) is 4.70. The third-order valence-electron chi connectivity index (χ3n) is 5.76. The lowest BCUT2D eigenvalue weighted by Crippen LogP contribution is -2.29. The molecule has 186 valence electrons. The van der Waals surface area contributed by atoms with E-state index in [9.17, 15) is 28.9 Å². The topological polar surface area (TPSA) is 133 Å². The molecule has 4 aromatic rings. The van der Waals surface area contributed by atoms with Crippen molar-refractivity contribution in [3.63, 3.8) is 0 Å². The van der Waals surface area contributed by atoms with Crippen LogP contribution in [0.1, 0.15) is 43.1 Å². The van der Waals surface area contributed by atoms with E-state index in [0.717, 1.165) is 23.5 Å². The number of carbonyl (C=O) groups is 2. The van der Waals surface area contributed by atoms with Crippen molar-refractivity contribution >= 4 is 45.0 Å². The van der Waals surface area contributed by atoms with Crippen molar-refractivity contribution in [1.29, 1.82) is 0 Å². The number of aryl methyl sites for hydroxylation is 1. The number of nitrogens with zero attached hydrogens (tertiary/aromatic N) is 3. The molecule has 1 unspecified atom stereocenters. The van der Waals surface area contributed by atoms with Crippen LogP contribution in [0.25, 0.3) is 11.0 Å². The first-order valence-electron chi connectivity index (χ1n) is 10.8. The number of thiazole rings is 1. The molecular weight excluding hydrogens is 505 g/mol. The van der Waals surface area contributed by atoms with Crippen molar-refractivity contribution in [3.05, 3.63) is 109 Å². The van der Waals surface area contributed by atoms with Gasteiger partial charge in [-0.15, -0.1) is 0 Å². The minimum atomic E-state index is -1.10. The highest BCUT2D eigenvalue weighted by Crippen LogP contribution is 2.43. The van der Waals surface area contributed by atoms with Crippen LogP contribution in [0.4, 0.5) is 15.2 Å². The van der Waals surface area contributed by atoms with Crippen molar-refractivity contribution in [2.75, 3.05) is 11.5 Å². The summed E-state index contributed by atoms with van der Waals surface area (Å²) in [7, 11) is 0. The molecule has 12 heteroatoms. The first kappa shape index (κ1) is 24.0. The molecule has 0 aliphatic carbocycles. The third-order valence-corrected chi connectivity index (χ3v) is 6.90. The Morgan fingerprint density at radius 2 is 2.03 bits per heavy atom. The van der Waals surface area contributed by atoms with E-state index in [1.165, 1.54) is 41.3 Å². The fourth-order valence-electron chi connectivity index (χ4n) is 4.11. The van der Waals surface area contributed by atoms with Gasteiger partial charge in [0.1, 0.15) is 22.9 Å². The predicted molar refractivity (Wildman–Crippen MR) is 132 cm³/mol. The Kier molecular flexibility index (Phi) is 5.88. The van der Waals surface area contributed by atoms with Gasteiger partial charge >= 0.3 is 5.97 Å². The van der Waals surface area contributed by atoms with E-state index >= 15 is 0 Å². The lowest BCUT2D eigenvalue weighted by atomic mass is 9.98. The monoisotopic (exact) mass is 521 g/mol. The summed E-state index contributed by atoms with van der Waals surface area (Å²) in [6.07, 6.45) is 1.41. The largest absolute Gasteiger partial charge is 0.457 e. The molecule has 37 heavy (non-hydrogen) atoms. The van der Waals surface area contributed by atoms with E-state index in [4.69, 9.17) is 9.15 Å². The van der Waals surface area contributed by atoms with Crippen molar-refractivity contribution in [1.82, 2.24) is 4.98 Å². The first-order valence-corrected chi connectivity index (χ1v) is 11.6. The molecule has 0 saturated carbocycles. The molecule has 0 N–H and O–H groups in total. The number of hydrogen-bond acceptors (Lipinski definition) is 9. The summed E-state index contributed by atoms with van der Waals surface area (Å²) in [5.41, 5.74) is -0.220. The Labute approximate surface area is 211 Å². The maximum Gasteiger partial charge on any atom is 0.350 e. The van der Waals surface area contributed by atoms with Crippen LogP contribution >= 0.6 is 11.3 Å². The summed E-state index contributed by atoms with van der Waals surface area (Å²) in [4.78, 5) is 55.9. The number of fused-ring (bicyclic) bond motifs is 2. The van der Waals surface area contributed by atoms with E-state index in [0.29, 0.717) is 11.3 Å². The second-order valence-electron chi connectivity index (χ2n) is 8.04. The van der Waals surface area contributed by atoms with Crippen molar-refractivity contribution in [2.24, 2.45) is 0 Å². The molecule has 2 aromatic heterocycles. The van der Waals surface area contributed by atoms with E-state index in [1.807, 2.05) is 0 Å². The molecule has 0 bridgehead atoms. The number of hydrogen-bond donors (Lipinski definition) is 0. The fraction of sp³-hybridized carbons (Fsp3) is 0.120. The Morgan fingerprint density at radius 3 is 2.70 bits per heavy atom. The van der Waals surface area contributed by atoms with Crippen molar-refractivity contribution < 1.29 is 28.1 Å². The number of nitro benzene ring substituents is 1. The van der Waals surface area contributed by atoms with Gasteiger partial charge in [-0.2, -0.15) is 0 Å². The first-order chi connectivity index (χ1) is 17.7. The molecule has 1 atom stereocenters. The quantitative estimate of drug-likeness (QED) is 0.154. The number of halogens is 1. The van der Waals surface area contributed by atoms with Gasteiger partial charge in [0, 0.05) is 12.1 Å². The second kappa shape index (κ2) is 9.06. The van der Waals surface area contributed by atoms with Gasteiger partial charge in [-0.25, -0.2) is 14.2 Å². The Hall–Kier alpha value is -4.71. The zero-order valence-corrected chi connectivity index (χ0v) is 19.9. The Balaban J connectivity index is 1.72. The molecule has 10 nitrogen and oxygen atoms in total. The van der Waals surface area contributed by atoms with Crippen molar-refractivity contribution in [3.8, 4) is 0 Å². The molecule has 0 radical (unpaired) electrons. The number of nitro groups is 1. The van der Waals surface area contributed by atoms with Crippen LogP contribution in [0.5, 0.6) is 0 Å². The number of rotatable bonds is 6. The average Bonchev–Trinajstić information content (AvgIpc) is 3.40. The van der Waals surface area contributed by atoms with Crippen LogP contribution in [0.15, 0.2) is 64.3 Å². The SMILES string of the molecule is C=CCOC(=O)c1sc(N2C(=O)c3oc4ccc(F)cc4c(=O)c3C2c2ccc([N+](=O)[O-])cc2)nc1C. The van der Waals surface area contributed by atoms with Crippen LogP contribution in [0, 0.1) is 22.9 Å². The molecule has 0 fully saturated rings. The average molecular weight is 521 g/mol. The highest BCUT2D eigenvalue weighted by Gasteiger charge is 2.45. The van der Waals surface area contributed by atoms with Crippen LogP contribution < -0.4 is 10.3 Å². The molecule has 2 aromatic carbocycles. The summed E-state index contributed by atoms with van der Waals surface area (Å²) in [5, 5.41) is 11.2. The van der Waals surface area contributed by atoms with Crippen LogP contribution in [-0.4, -0.2) is 28.4 Å².